The lowest BCUT2D eigenvalue weighted by atomic mass is 10.2. The van der Waals surface area contributed by atoms with Gasteiger partial charge in [-0.15, -0.1) is 11.3 Å². The minimum Gasteiger partial charge on any atom is -0.493 e. The third-order valence-corrected chi connectivity index (χ3v) is 5.28. The number of para-hydroxylation sites is 2. The summed E-state index contributed by atoms with van der Waals surface area (Å²) < 4.78 is 10.9. The summed E-state index contributed by atoms with van der Waals surface area (Å²) in [5.41, 5.74) is 2.13. The van der Waals surface area contributed by atoms with E-state index in [1.807, 2.05) is 48.5 Å². The van der Waals surface area contributed by atoms with Crippen LogP contribution in [0, 0.1) is 0 Å². The number of hydrogen-bond donors (Lipinski definition) is 0. The molecule has 28 heavy (non-hydrogen) atoms. The maximum Gasteiger partial charge on any atom is 0.277 e. The maximum absolute atomic E-state index is 13.2. The Bertz CT molecular complexity index is 925. The molecule has 0 radical (unpaired) electrons. The number of rotatable bonds is 8. The lowest BCUT2D eigenvalue weighted by Crippen LogP contribution is -2.32. The van der Waals surface area contributed by atoms with Crippen molar-refractivity contribution in [3.8, 4) is 22.1 Å². The molecule has 2 aromatic carbocycles. The second-order valence-corrected chi connectivity index (χ2v) is 7.08. The highest BCUT2D eigenvalue weighted by molar-refractivity contribution is 7.13. The van der Waals surface area contributed by atoms with Gasteiger partial charge in [0.15, 0.2) is 11.5 Å². The average Bonchev–Trinajstić information content (AvgIpc) is 3.24. The molecule has 0 aliphatic heterocycles. The summed E-state index contributed by atoms with van der Waals surface area (Å²) in [7, 11) is 3.20. The molecule has 6 heteroatoms. The lowest BCUT2D eigenvalue weighted by molar-refractivity contribution is 0.0982. The largest absolute Gasteiger partial charge is 0.493 e. The Hall–Kier alpha value is -2.86. The molecule has 0 aliphatic carbocycles. The van der Waals surface area contributed by atoms with E-state index in [2.05, 4.69) is 11.9 Å². The Labute approximate surface area is 169 Å². The number of methoxy groups -OCH3 is 2. The van der Waals surface area contributed by atoms with Gasteiger partial charge in [0.25, 0.3) is 5.91 Å². The molecule has 0 saturated carbocycles. The zero-order valence-electron chi connectivity index (χ0n) is 16.3. The normalized spacial score (nSPS) is 10.5. The predicted octanol–water partition coefficient (Wildman–Crippen LogP) is 5.27. The van der Waals surface area contributed by atoms with Gasteiger partial charge in [0.05, 0.1) is 19.8 Å². The molecule has 0 unspecified atom stereocenters. The van der Waals surface area contributed by atoms with Crippen molar-refractivity contribution in [3.63, 3.8) is 0 Å². The highest BCUT2D eigenvalue weighted by Gasteiger charge is 2.22. The van der Waals surface area contributed by atoms with Crippen LogP contribution in [0.4, 0.5) is 5.69 Å². The maximum atomic E-state index is 13.2. The summed E-state index contributed by atoms with van der Waals surface area (Å²) >= 11 is 1.42. The van der Waals surface area contributed by atoms with Gasteiger partial charge in [-0.3, -0.25) is 4.79 Å². The van der Waals surface area contributed by atoms with Crippen molar-refractivity contribution in [2.24, 2.45) is 0 Å². The summed E-state index contributed by atoms with van der Waals surface area (Å²) in [5.74, 6) is 1.16. The Kier molecular flexibility index (Phi) is 6.66. The van der Waals surface area contributed by atoms with Crippen LogP contribution in [0.25, 0.3) is 10.6 Å². The topological polar surface area (TPSA) is 51.7 Å². The fourth-order valence-corrected chi connectivity index (χ4v) is 3.78. The van der Waals surface area contributed by atoms with Gasteiger partial charge in [0.2, 0.25) is 0 Å². The number of unbranched alkanes of at least 4 members (excludes halogenated alkanes) is 1. The molecule has 0 atom stereocenters. The molecule has 1 heterocycles. The van der Waals surface area contributed by atoms with Crippen molar-refractivity contribution in [2.75, 3.05) is 25.7 Å². The zero-order valence-corrected chi connectivity index (χ0v) is 17.2. The first kappa shape index (κ1) is 19.9. The molecule has 0 bridgehead atoms. The number of carbonyl (C=O) groups is 1. The number of carbonyl (C=O) groups excluding carboxylic acids is 1. The molecule has 3 rings (SSSR count). The number of amides is 1. The van der Waals surface area contributed by atoms with Crippen LogP contribution in [-0.2, 0) is 0 Å². The molecule has 0 fully saturated rings. The van der Waals surface area contributed by atoms with Crippen LogP contribution >= 0.6 is 11.3 Å². The first-order valence-corrected chi connectivity index (χ1v) is 10.1. The zero-order chi connectivity index (χ0) is 19.9. The molecule has 0 spiro atoms. The average molecular weight is 397 g/mol. The van der Waals surface area contributed by atoms with E-state index in [-0.39, 0.29) is 5.91 Å². The summed E-state index contributed by atoms with van der Waals surface area (Å²) in [6, 6.07) is 15.4. The standard InChI is InChI=1S/C22H24N2O3S/c1-4-5-14-24(16-10-7-6-8-11-16)22(25)18-15-28-21(23-18)17-12-9-13-19(26-2)20(17)27-3/h6-13,15H,4-5,14H2,1-3H3. The summed E-state index contributed by atoms with van der Waals surface area (Å²) in [6.45, 7) is 2.78. The third-order valence-electron chi connectivity index (χ3n) is 4.40. The molecule has 1 amide bonds. The van der Waals surface area contributed by atoms with Gasteiger partial charge in [-0.05, 0) is 30.7 Å². The van der Waals surface area contributed by atoms with Crippen LogP contribution in [0.5, 0.6) is 11.5 Å². The van der Waals surface area contributed by atoms with E-state index in [4.69, 9.17) is 9.47 Å². The van der Waals surface area contributed by atoms with E-state index >= 15 is 0 Å². The SMILES string of the molecule is CCCCN(C(=O)c1csc(-c2cccc(OC)c2OC)n1)c1ccccc1. The van der Waals surface area contributed by atoms with Crippen molar-refractivity contribution in [1.29, 1.82) is 0 Å². The van der Waals surface area contributed by atoms with Crippen molar-refractivity contribution in [2.45, 2.75) is 19.8 Å². The quantitative estimate of drug-likeness (QED) is 0.520. The first-order chi connectivity index (χ1) is 13.7. The van der Waals surface area contributed by atoms with Crippen molar-refractivity contribution >= 4 is 22.9 Å². The Morgan fingerprint density at radius 3 is 2.54 bits per heavy atom. The smallest absolute Gasteiger partial charge is 0.277 e. The Morgan fingerprint density at radius 1 is 1.07 bits per heavy atom. The van der Waals surface area contributed by atoms with E-state index in [1.54, 1.807) is 24.5 Å². The van der Waals surface area contributed by atoms with Crippen LogP contribution in [0.2, 0.25) is 0 Å². The van der Waals surface area contributed by atoms with E-state index in [1.165, 1.54) is 11.3 Å². The van der Waals surface area contributed by atoms with E-state index in [9.17, 15) is 4.79 Å². The van der Waals surface area contributed by atoms with E-state index in [0.29, 0.717) is 23.7 Å². The number of hydrogen-bond acceptors (Lipinski definition) is 5. The summed E-state index contributed by atoms with van der Waals surface area (Å²) in [4.78, 5) is 19.6. The lowest BCUT2D eigenvalue weighted by Gasteiger charge is -2.21. The fraction of sp³-hybridized carbons (Fsp3) is 0.273. The van der Waals surface area contributed by atoms with Gasteiger partial charge in [0, 0.05) is 17.6 Å². The first-order valence-electron chi connectivity index (χ1n) is 9.23. The molecule has 0 aliphatic rings. The van der Waals surface area contributed by atoms with Crippen LogP contribution in [-0.4, -0.2) is 31.7 Å². The number of aromatic nitrogens is 1. The van der Waals surface area contributed by atoms with Gasteiger partial charge < -0.3 is 14.4 Å². The number of benzene rings is 2. The molecule has 146 valence electrons. The highest BCUT2D eigenvalue weighted by atomic mass is 32.1. The fourth-order valence-electron chi connectivity index (χ4n) is 2.96. The van der Waals surface area contributed by atoms with Crippen molar-refractivity contribution < 1.29 is 14.3 Å². The van der Waals surface area contributed by atoms with Crippen molar-refractivity contribution in [3.05, 3.63) is 59.6 Å². The number of ether oxygens (including phenoxy) is 2. The Balaban J connectivity index is 1.93. The molecule has 0 N–H and O–H groups in total. The summed E-state index contributed by atoms with van der Waals surface area (Å²) in [5, 5.41) is 2.53. The minimum absolute atomic E-state index is 0.0935. The monoisotopic (exact) mass is 396 g/mol. The minimum atomic E-state index is -0.0935. The molecule has 5 nitrogen and oxygen atoms in total. The number of anilines is 1. The predicted molar refractivity (Wildman–Crippen MR) is 114 cm³/mol. The summed E-state index contributed by atoms with van der Waals surface area (Å²) in [6.07, 6.45) is 1.95. The number of thiazole rings is 1. The third kappa shape index (κ3) is 4.17. The number of nitrogens with zero attached hydrogens (tertiary/aromatic N) is 2. The van der Waals surface area contributed by atoms with Gasteiger partial charge in [0.1, 0.15) is 10.7 Å². The highest BCUT2D eigenvalue weighted by Crippen LogP contribution is 2.39. The second-order valence-electron chi connectivity index (χ2n) is 6.22. The van der Waals surface area contributed by atoms with Crippen LogP contribution < -0.4 is 14.4 Å². The second kappa shape index (κ2) is 9.37. The van der Waals surface area contributed by atoms with E-state index < -0.39 is 0 Å². The van der Waals surface area contributed by atoms with Crippen LogP contribution in [0.3, 0.4) is 0 Å². The van der Waals surface area contributed by atoms with Gasteiger partial charge in [-0.1, -0.05) is 37.6 Å². The van der Waals surface area contributed by atoms with Gasteiger partial charge in [-0.25, -0.2) is 4.98 Å². The van der Waals surface area contributed by atoms with Crippen molar-refractivity contribution in [1.82, 2.24) is 4.98 Å². The van der Waals surface area contributed by atoms with Crippen LogP contribution in [0.15, 0.2) is 53.9 Å². The molecule has 3 aromatic rings. The molecule has 1 aromatic heterocycles. The van der Waals surface area contributed by atoms with Crippen LogP contribution in [0.1, 0.15) is 30.3 Å². The molecular formula is C22H24N2O3S. The van der Waals surface area contributed by atoms with Gasteiger partial charge in [-0.2, -0.15) is 0 Å². The molecule has 0 saturated heterocycles. The molecular weight excluding hydrogens is 372 g/mol. The van der Waals surface area contributed by atoms with Gasteiger partial charge >= 0.3 is 0 Å². The van der Waals surface area contributed by atoms with E-state index in [0.717, 1.165) is 29.1 Å². The Morgan fingerprint density at radius 2 is 1.86 bits per heavy atom.